The Morgan fingerprint density at radius 3 is 2.95 bits per heavy atom. The molecule has 1 amide bonds. The van der Waals surface area contributed by atoms with Crippen molar-refractivity contribution in [3.8, 4) is 11.5 Å². The average Bonchev–Trinajstić information content (AvgIpc) is 2.45. The lowest BCUT2D eigenvalue weighted by molar-refractivity contribution is -0.119. The van der Waals surface area contributed by atoms with Gasteiger partial charge in [-0.15, -0.1) is 0 Å². The third-order valence-corrected chi connectivity index (χ3v) is 3.79. The zero-order valence-electron chi connectivity index (χ0n) is 12.9. The standard InChI is InChI=1S/C15H22ClN3O3/c1-10-7-19(4-3-18-10)8-11-5-12(16)15(13(6-11)21-2)22-9-14(17)20/h5-6,10,18H,3-4,7-9H2,1-2H3,(H2,17,20). The summed E-state index contributed by atoms with van der Waals surface area (Å²) in [6, 6.07) is 4.20. The molecule has 0 saturated carbocycles. The van der Waals surface area contributed by atoms with Crippen molar-refractivity contribution in [1.29, 1.82) is 0 Å². The van der Waals surface area contributed by atoms with Crippen LogP contribution in [0.2, 0.25) is 5.02 Å². The molecule has 22 heavy (non-hydrogen) atoms. The molecular weight excluding hydrogens is 306 g/mol. The Bertz CT molecular complexity index is 539. The van der Waals surface area contributed by atoms with Crippen LogP contribution >= 0.6 is 11.6 Å². The summed E-state index contributed by atoms with van der Waals surface area (Å²) in [6.45, 7) is 5.68. The van der Waals surface area contributed by atoms with Crippen LogP contribution in [0, 0.1) is 0 Å². The van der Waals surface area contributed by atoms with E-state index in [-0.39, 0.29) is 6.61 Å². The molecule has 1 heterocycles. The second-order valence-electron chi connectivity index (χ2n) is 5.45. The van der Waals surface area contributed by atoms with E-state index < -0.39 is 5.91 Å². The summed E-state index contributed by atoms with van der Waals surface area (Å²) in [5, 5.41) is 3.83. The van der Waals surface area contributed by atoms with Gasteiger partial charge in [0.15, 0.2) is 18.1 Å². The maximum absolute atomic E-state index is 10.8. The summed E-state index contributed by atoms with van der Waals surface area (Å²) in [7, 11) is 1.54. The topological polar surface area (TPSA) is 76.8 Å². The van der Waals surface area contributed by atoms with Gasteiger partial charge in [0, 0.05) is 32.2 Å². The summed E-state index contributed by atoms with van der Waals surface area (Å²) >= 11 is 6.26. The Morgan fingerprint density at radius 2 is 2.32 bits per heavy atom. The SMILES string of the molecule is COc1cc(CN2CCNC(C)C2)cc(Cl)c1OCC(N)=O. The maximum atomic E-state index is 10.8. The number of methoxy groups -OCH3 is 1. The first-order valence-corrected chi connectivity index (χ1v) is 7.60. The Labute approximate surface area is 135 Å². The zero-order chi connectivity index (χ0) is 16.1. The number of rotatable bonds is 6. The van der Waals surface area contributed by atoms with Crippen LogP contribution in [-0.4, -0.2) is 50.2 Å². The smallest absolute Gasteiger partial charge is 0.255 e. The molecule has 7 heteroatoms. The fourth-order valence-electron chi connectivity index (χ4n) is 2.56. The molecule has 3 N–H and O–H groups in total. The van der Waals surface area contributed by atoms with Gasteiger partial charge in [-0.3, -0.25) is 9.69 Å². The Morgan fingerprint density at radius 1 is 1.55 bits per heavy atom. The number of carbonyl (C=O) groups excluding carboxylic acids is 1. The summed E-state index contributed by atoms with van der Waals surface area (Å²) in [4.78, 5) is 13.2. The number of amides is 1. The van der Waals surface area contributed by atoms with Crippen molar-refractivity contribution >= 4 is 17.5 Å². The van der Waals surface area contributed by atoms with Gasteiger partial charge in [0.25, 0.3) is 5.91 Å². The molecule has 1 atom stereocenters. The van der Waals surface area contributed by atoms with Crippen LogP contribution in [0.1, 0.15) is 12.5 Å². The first-order valence-electron chi connectivity index (χ1n) is 7.23. The molecule has 0 aromatic heterocycles. The first kappa shape index (κ1) is 16.9. The van der Waals surface area contributed by atoms with Crippen molar-refractivity contribution in [3.05, 3.63) is 22.7 Å². The molecule has 1 aromatic carbocycles. The molecule has 2 rings (SSSR count). The number of carbonyl (C=O) groups is 1. The number of nitrogens with one attached hydrogen (secondary N) is 1. The van der Waals surface area contributed by atoms with E-state index >= 15 is 0 Å². The molecule has 1 saturated heterocycles. The lowest BCUT2D eigenvalue weighted by atomic mass is 10.1. The van der Waals surface area contributed by atoms with Crippen molar-refractivity contribution < 1.29 is 14.3 Å². The van der Waals surface area contributed by atoms with Crippen molar-refractivity contribution in [2.75, 3.05) is 33.4 Å². The van der Waals surface area contributed by atoms with Crippen LogP contribution in [0.5, 0.6) is 11.5 Å². The van der Waals surface area contributed by atoms with Crippen molar-refractivity contribution in [2.45, 2.75) is 19.5 Å². The van der Waals surface area contributed by atoms with Gasteiger partial charge in [0.1, 0.15) is 0 Å². The monoisotopic (exact) mass is 327 g/mol. The number of benzene rings is 1. The molecule has 0 bridgehead atoms. The summed E-state index contributed by atoms with van der Waals surface area (Å²) < 4.78 is 10.6. The minimum Gasteiger partial charge on any atom is -0.493 e. The minimum absolute atomic E-state index is 0.231. The Hall–Kier alpha value is -1.50. The van der Waals surface area contributed by atoms with E-state index in [1.54, 1.807) is 7.11 Å². The van der Waals surface area contributed by atoms with E-state index in [4.69, 9.17) is 26.8 Å². The Balaban J connectivity index is 2.12. The van der Waals surface area contributed by atoms with E-state index in [0.29, 0.717) is 22.6 Å². The van der Waals surface area contributed by atoms with Crippen LogP contribution in [0.3, 0.4) is 0 Å². The van der Waals surface area contributed by atoms with Gasteiger partial charge >= 0.3 is 0 Å². The predicted octanol–water partition coefficient (Wildman–Crippen LogP) is 1.01. The molecular formula is C15H22ClN3O3. The molecule has 0 radical (unpaired) electrons. The molecule has 1 aliphatic rings. The highest BCUT2D eigenvalue weighted by molar-refractivity contribution is 6.32. The van der Waals surface area contributed by atoms with Gasteiger partial charge in [0.2, 0.25) is 0 Å². The van der Waals surface area contributed by atoms with Crippen LogP contribution in [0.15, 0.2) is 12.1 Å². The van der Waals surface area contributed by atoms with E-state index in [9.17, 15) is 4.79 Å². The summed E-state index contributed by atoms with van der Waals surface area (Å²) in [5.41, 5.74) is 6.13. The molecule has 0 aliphatic carbocycles. The number of hydrogen-bond donors (Lipinski definition) is 2. The van der Waals surface area contributed by atoms with Gasteiger partial charge in [-0.25, -0.2) is 0 Å². The van der Waals surface area contributed by atoms with Crippen LogP contribution < -0.4 is 20.5 Å². The fraction of sp³-hybridized carbons (Fsp3) is 0.533. The normalized spacial score (nSPS) is 19.0. The number of primary amides is 1. The van der Waals surface area contributed by atoms with Crippen LogP contribution in [-0.2, 0) is 11.3 Å². The van der Waals surface area contributed by atoms with E-state index in [2.05, 4.69) is 17.1 Å². The minimum atomic E-state index is -0.558. The molecule has 1 fully saturated rings. The number of halogens is 1. The fourth-order valence-corrected chi connectivity index (χ4v) is 2.85. The molecule has 0 spiro atoms. The van der Waals surface area contributed by atoms with Gasteiger partial charge in [-0.1, -0.05) is 11.6 Å². The number of ether oxygens (including phenoxy) is 2. The van der Waals surface area contributed by atoms with E-state index in [0.717, 1.165) is 31.7 Å². The third-order valence-electron chi connectivity index (χ3n) is 3.51. The number of piperazine rings is 1. The summed E-state index contributed by atoms with van der Waals surface area (Å²) in [6.07, 6.45) is 0. The van der Waals surface area contributed by atoms with Gasteiger partial charge in [0.05, 0.1) is 12.1 Å². The van der Waals surface area contributed by atoms with Crippen molar-refractivity contribution in [2.24, 2.45) is 5.73 Å². The van der Waals surface area contributed by atoms with Crippen LogP contribution in [0.4, 0.5) is 0 Å². The number of nitrogens with two attached hydrogens (primary N) is 1. The van der Waals surface area contributed by atoms with Crippen molar-refractivity contribution in [1.82, 2.24) is 10.2 Å². The van der Waals surface area contributed by atoms with Gasteiger partial charge < -0.3 is 20.5 Å². The largest absolute Gasteiger partial charge is 0.493 e. The van der Waals surface area contributed by atoms with E-state index in [1.807, 2.05) is 12.1 Å². The lowest BCUT2D eigenvalue weighted by Gasteiger charge is -2.32. The van der Waals surface area contributed by atoms with Gasteiger partial charge in [-0.05, 0) is 24.6 Å². The van der Waals surface area contributed by atoms with Gasteiger partial charge in [-0.2, -0.15) is 0 Å². The first-order chi connectivity index (χ1) is 10.5. The zero-order valence-corrected chi connectivity index (χ0v) is 13.7. The molecule has 1 unspecified atom stereocenters. The maximum Gasteiger partial charge on any atom is 0.255 e. The summed E-state index contributed by atoms with van der Waals surface area (Å²) in [5.74, 6) is 0.296. The predicted molar refractivity (Wildman–Crippen MR) is 85.4 cm³/mol. The second kappa shape index (κ2) is 7.67. The van der Waals surface area contributed by atoms with E-state index in [1.165, 1.54) is 0 Å². The molecule has 6 nitrogen and oxygen atoms in total. The lowest BCUT2D eigenvalue weighted by Crippen LogP contribution is -2.48. The number of nitrogens with zero attached hydrogens (tertiary/aromatic N) is 1. The molecule has 122 valence electrons. The number of hydrogen-bond acceptors (Lipinski definition) is 5. The van der Waals surface area contributed by atoms with Crippen LogP contribution in [0.25, 0.3) is 0 Å². The second-order valence-corrected chi connectivity index (χ2v) is 5.86. The average molecular weight is 328 g/mol. The molecule has 1 aliphatic heterocycles. The Kier molecular flexibility index (Phi) is 5.88. The highest BCUT2D eigenvalue weighted by Crippen LogP contribution is 2.36. The third kappa shape index (κ3) is 4.50. The highest BCUT2D eigenvalue weighted by atomic mass is 35.5. The highest BCUT2D eigenvalue weighted by Gasteiger charge is 2.18. The quantitative estimate of drug-likeness (QED) is 0.815. The molecule has 1 aromatic rings. The van der Waals surface area contributed by atoms with Crippen molar-refractivity contribution in [3.63, 3.8) is 0 Å².